The van der Waals surface area contributed by atoms with E-state index in [1.54, 1.807) is 6.07 Å². The molecule has 0 radical (unpaired) electrons. The largest absolute Gasteiger partial charge is 0.465 e. The summed E-state index contributed by atoms with van der Waals surface area (Å²) in [4.78, 5) is 25.0. The highest BCUT2D eigenvalue weighted by atomic mass is 79.9. The fourth-order valence-corrected chi connectivity index (χ4v) is 4.10. The minimum absolute atomic E-state index is 0.375. The lowest BCUT2D eigenvalue weighted by Crippen LogP contribution is -2.39. The van der Waals surface area contributed by atoms with Crippen molar-refractivity contribution in [2.24, 2.45) is 0 Å². The predicted molar refractivity (Wildman–Crippen MR) is 83.6 cm³/mol. The lowest BCUT2D eigenvalue weighted by molar-refractivity contribution is 0.0495. The Kier molecular flexibility index (Phi) is 4.35. The fourth-order valence-electron chi connectivity index (χ4n) is 1.93. The molecule has 0 saturated heterocycles. The normalized spacial score (nSPS) is 16.2. The molecule has 1 aromatic heterocycles. The fraction of sp³-hybridized carbons (Fsp3) is 0.571. The zero-order chi connectivity index (χ0) is 15.8. The summed E-state index contributed by atoms with van der Waals surface area (Å²) in [6.45, 7) is 5.47. The average molecular weight is 376 g/mol. The first kappa shape index (κ1) is 16.3. The van der Waals surface area contributed by atoms with E-state index in [0.29, 0.717) is 4.88 Å². The van der Waals surface area contributed by atoms with E-state index in [2.05, 4.69) is 21.2 Å². The van der Waals surface area contributed by atoms with Gasteiger partial charge in [0.15, 0.2) is 0 Å². The second kappa shape index (κ2) is 5.61. The molecule has 21 heavy (non-hydrogen) atoms. The molecule has 0 aliphatic heterocycles. The van der Waals surface area contributed by atoms with Crippen LogP contribution < -0.4 is 5.32 Å². The van der Waals surface area contributed by atoms with Gasteiger partial charge in [0.2, 0.25) is 0 Å². The minimum Gasteiger partial charge on any atom is -0.465 e. The number of hydrogen-bond donors (Lipinski definition) is 1. The van der Waals surface area contributed by atoms with Crippen LogP contribution in [-0.4, -0.2) is 24.8 Å². The Morgan fingerprint density at radius 1 is 1.38 bits per heavy atom. The Labute approximate surface area is 136 Å². The van der Waals surface area contributed by atoms with Gasteiger partial charge in [-0.15, -0.1) is 11.3 Å². The quantitative estimate of drug-likeness (QED) is 0.815. The highest BCUT2D eigenvalue weighted by Crippen LogP contribution is 2.51. The SMILES string of the molecule is COC(=O)c1cc(Br)c(C2(NC(=O)OC(C)(C)C)CC2)s1. The Morgan fingerprint density at radius 2 is 2.00 bits per heavy atom. The van der Waals surface area contributed by atoms with E-state index in [1.807, 2.05) is 20.8 Å². The van der Waals surface area contributed by atoms with Crippen LogP contribution in [0.25, 0.3) is 0 Å². The van der Waals surface area contributed by atoms with Gasteiger partial charge in [-0.25, -0.2) is 9.59 Å². The van der Waals surface area contributed by atoms with Crippen LogP contribution in [0.4, 0.5) is 4.79 Å². The van der Waals surface area contributed by atoms with E-state index in [1.165, 1.54) is 18.4 Å². The van der Waals surface area contributed by atoms with Gasteiger partial charge >= 0.3 is 12.1 Å². The summed E-state index contributed by atoms with van der Waals surface area (Å²) >= 11 is 4.78. The number of thiophene rings is 1. The number of nitrogens with one attached hydrogen (secondary N) is 1. The topological polar surface area (TPSA) is 64.6 Å². The molecule has 7 heteroatoms. The first-order valence-corrected chi connectivity index (χ1v) is 8.17. The third-order valence-electron chi connectivity index (χ3n) is 3.00. The number of carbonyl (C=O) groups is 2. The van der Waals surface area contributed by atoms with Gasteiger partial charge in [-0.2, -0.15) is 0 Å². The van der Waals surface area contributed by atoms with Gasteiger partial charge in [0.25, 0.3) is 0 Å². The van der Waals surface area contributed by atoms with Gasteiger partial charge in [0.05, 0.1) is 12.6 Å². The Balaban J connectivity index is 2.16. The van der Waals surface area contributed by atoms with Gasteiger partial charge in [-0.1, -0.05) is 0 Å². The highest BCUT2D eigenvalue weighted by Gasteiger charge is 2.49. The summed E-state index contributed by atoms with van der Waals surface area (Å²) in [6.07, 6.45) is 1.21. The molecular formula is C14H18BrNO4S. The number of esters is 1. The molecule has 0 aromatic carbocycles. The van der Waals surface area contributed by atoms with Crippen LogP contribution in [0.15, 0.2) is 10.5 Å². The number of rotatable bonds is 3. The molecule has 1 amide bonds. The maximum absolute atomic E-state index is 12.0. The van der Waals surface area contributed by atoms with E-state index in [0.717, 1.165) is 22.2 Å². The van der Waals surface area contributed by atoms with Crippen LogP contribution in [0.5, 0.6) is 0 Å². The maximum atomic E-state index is 12.0. The molecule has 0 atom stereocenters. The monoisotopic (exact) mass is 375 g/mol. The van der Waals surface area contributed by atoms with Crippen molar-refractivity contribution >= 4 is 39.3 Å². The third-order valence-corrected chi connectivity index (χ3v) is 5.21. The number of amides is 1. The average Bonchev–Trinajstić information content (AvgIpc) is 3.00. The molecule has 0 unspecified atom stereocenters. The van der Waals surface area contributed by atoms with Crippen LogP contribution in [0.2, 0.25) is 0 Å². The maximum Gasteiger partial charge on any atom is 0.408 e. The molecule has 1 aliphatic carbocycles. The Hall–Kier alpha value is -1.08. The van der Waals surface area contributed by atoms with Crippen LogP contribution >= 0.6 is 27.3 Å². The predicted octanol–water partition coefficient (Wildman–Crippen LogP) is 3.81. The minimum atomic E-state index is -0.538. The van der Waals surface area contributed by atoms with Gasteiger partial charge in [-0.05, 0) is 55.6 Å². The van der Waals surface area contributed by atoms with Gasteiger partial charge in [0, 0.05) is 9.35 Å². The zero-order valence-corrected chi connectivity index (χ0v) is 14.8. The summed E-state index contributed by atoms with van der Waals surface area (Å²) < 4.78 is 10.8. The standard InChI is InChI=1S/C14H18BrNO4S/c1-13(2,3)20-12(18)16-14(5-6-14)10-8(15)7-9(21-10)11(17)19-4/h7H,5-6H2,1-4H3,(H,16,18). The first-order chi connectivity index (χ1) is 9.67. The summed E-state index contributed by atoms with van der Waals surface area (Å²) in [5.41, 5.74) is -0.970. The van der Waals surface area contributed by atoms with E-state index in [9.17, 15) is 9.59 Å². The molecule has 1 aliphatic rings. The van der Waals surface area contributed by atoms with Crippen molar-refractivity contribution in [2.75, 3.05) is 7.11 Å². The zero-order valence-electron chi connectivity index (χ0n) is 12.4. The van der Waals surface area contributed by atoms with Crippen LogP contribution in [0.3, 0.4) is 0 Å². The van der Waals surface area contributed by atoms with Gasteiger partial charge < -0.3 is 14.8 Å². The Bertz CT molecular complexity index is 572. The molecule has 1 N–H and O–H groups in total. The number of hydrogen-bond acceptors (Lipinski definition) is 5. The summed E-state index contributed by atoms with van der Waals surface area (Å²) in [5.74, 6) is -0.375. The molecule has 1 saturated carbocycles. The second-order valence-electron chi connectivity index (χ2n) is 5.99. The van der Waals surface area contributed by atoms with Crippen molar-refractivity contribution in [3.05, 3.63) is 20.3 Å². The summed E-state index contributed by atoms with van der Waals surface area (Å²) in [6, 6.07) is 1.72. The Morgan fingerprint density at radius 3 is 2.48 bits per heavy atom. The lowest BCUT2D eigenvalue weighted by Gasteiger charge is -2.23. The number of halogens is 1. The molecule has 0 spiro atoms. The van der Waals surface area contributed by atoms with E-state index < -0.39 is 17.2 Å². The molecule has 2 rings (SSSR count). The number of methoxy groups -OCH3 is 1. The third kappa shape index (κ3) is 3.77. The highest BCUT2D eigenvalue weighted by molar-refractivity contribution is 9.10. The number of alkyl carbamates (subject to hydrolysis) is 1. The van der Waals surface area contributed by atoms with Crippen molar-refractivity contribution in [1.29, 1.82) is 0 Å². The van der Waals surface area contributed by atoms with Crippen LogP contribution in [0, 0.1) is 0 Å². The molecule has 116 valence electrons. The number of carbonyl (C=O) groups excluding carboxylic acids is 2. The molecule has 1 aromatic rings. The van der Waals surface area contributed by atoms with Crippen molar-refractivity contribution in [3.63, 3.8) is 0 Å². The van der Waals surface area contributed by atoms with Crippen molar-refractivity contribution in [3.8, 4) is 0 Å². The molecule has 5 nitrogen and oxygen atoms in total. The lowest BCUT2D eigenvalue weighted by atomic mass is 10.2. The molecule has 0 bridgehead atoms. The van der Waals surface area contributed by atoms with Gasteiger partial charge in [0.1, 0.15) is 10.5 Å². The molecular weight excluding hydrogens is 358 g/mol. The first-order valence-electron chi connectivity index (χ1n) is 6.56. The smallest absolute Gasteiger partial charge is 0.408 e. The summed E-state index contributed by atoms with van der Waals surface area (Å²) in [7, 11) is 1.35. The summed E-state index contributed by atoms with van der Waals surface area (Å²) in [5, 5.41) is 2.92. The van der Waals surface area contributed by atoms with Crippen molar-refractivity contribution < 1.29 is 19.1 Å². The number of ether oxygens (including phenoxy) is 2. The molecule has 1 heterocycles. The van der Waals surface area contributed by atoms with E-state index >= 15 is 0 Å². The molecule has 1 fully saturated rings. The second-order valence-corrected chi connectivity index (χ2v) is 7.89. The van der Waals surface area contributed by atoms with E-state index in [4.69, 9.17) is 9.47 Å². The van der Waals surface area contributed by atoms with E-state index in [-0.39, 0.29) is 5.97 Å². The van der Waals surface area contributed by atoms with Gasteiger partial charge in [-0.3, -0.25) is 0 Å². The van der Waals surface area contributed by atoms with Crippen molar-refractivity contribution in [1.82, 2.24) is 5.32 Å². The van der Waals surface area contributed by atoms with Crippen LogP contribution in [-0.2, 0) is 15.0 Å². The van der Waals surface area contributed by atoms with Crippen molar-refractivity contribution in [2.45, 2.75) is 44.8 Å². The van der Waals surface area contributed by atoms with Crippen LogP contribution in [0.1, 0.15) is 48.2 Å².